The van der Waals surface area contributed by atoms with Gasteiger partial charge < -0.3 is 14.6 Å². The van der Waals surface area contributed by atoms with Gasteiger partial charge >= 0.3 is 19.0 Å². The molecule has 1 unspecified atom stereocenters. The minimum absolute atomic E-state index is 0.0531. The zero-order valence-electron chi connectivity index (χ0n) is 20.1. The lowest BCUT2D eigenvalue weighted by Gasteiger charge is -2.33. The maximum Gasteiger partial charge on any atom is 0.430 e. The predicted octanol–water partition coefficient (Wildman–Crippen LogP) is 7.30. The standard InChI is InChI=1S/C27H23F8NO3/c28-24(29)39-22-9-6-18(15-23(22)38-20-2-1-3-20)21(14-16-10-12-36-13-11-16)17-4-7-19(8-5-17)25(37,26(30,31)32)27(33,34)35/h4-13,15,20-21,24,37H,1-3,14H2. The van der Waals surface area contributed by atoms with Crippen LogP contribution in [0, 0.1) is 0 Å². The number of halogens is 8. The second kappa shape index (κ2) is 11.0. The minimum Gasteiger partial charge on any atom is -0.487 e. The second-order valence-electron chi connectivity index (χ2n) is 9.20. The largest absolute Gasteiger partial charge is 0.487 e. The van der Waals surface area contributed by atoms with E-state index >= 15 is 0 Å². The van der Waals surface area contributed by atoms with Crippen molar-refractivity contribution in [2.24, 2.45) is 0 Å². The third kappa shape index (κ3) is 6.10. The first-order valence-corrected chi connectivity index (χ1v) is 11.9. The average molecular weight is 561 g/mol. The highest BCUT2D eigenvalue weighted by Gasteiger charge is 2.71. The van der Waals surface area contributed by atoms with E-state index in [0.29, 0.717) is 23.3 Å². The maximum atomic E-state index is 13.4. The van der Waals surface area contributed by atoms with Crippen LogP contribution < -0.4 is 9.47 Å². The molecule has 1 fully saturated rings. The van der Waals surface area contributed by atoms with Crippen molar-refractivity contribution in [3.63, 3.8) is 0 Å². The van der Waals surface area contributed by atoms with Gasteiger partial charge in [0.2, 0.25) is 0 Å². The summed E-state index contributed by atoms with van der Waals surface area (Å²) in [6, 6.07) is 10.9. The topological polar surface area (TPSA) is 51.6 Å². The average Bonchev–Trinajstić information content (AvgIpc) is 2.84. The summed E-state index contributed by atoms with van der Waals surface area (Å²) in [5, 5.41) is 9.74. The molecule has 4 rings (SSSR count). The van der Waals surface area contributed by atoms with E-state index < -0.39 is 36.0 Å². The summed E-state index contributed by atoms with van der Waals surface area (Å²) in [7, 11) is 0. The van der Waals surface area contributed by atoms with Crippen LogP contribution in [0.4, 0.5) is 35.1 Å². The van der Waals surface area contributed by atoms with Gasteiger partial charge in [-0.1, -0.05) is 30.3 Å². The highest BCUT2D eigenvalue weighted by atomic mass is 19.4. The minimum atomic E-state index is -6.02. The van der Waals surface area contributed by atoms with Crippen LogP contribution in [0.3, 0.4) is 0 Å². The molecule has 1 aliphatic rings. The molecular weight excluding hydrogens is 538 g/mol. The van der Waals surface area contributed by atoms with Gasteiger partial charge in [0.05, 0.1) is 6.10 Å². The Kier molecular flexibility index (Phi) is 8.06. The fourth-order valence-corrected chi connectivity index (χ4v) is 4.32. The Morgan fingerprint density at radius 2 is 1.41 bits per heavy atom. The number of hydrogen-bond donors (Lipinski definition) is 1. The SMILES string of the molecule is OC(c1ccc(C(Cc2ccncc2)c2ccc(OC(F)F)c(OC3CCC3)c2)cc1)(C(F)(F)F)C(F)(F)F. The number of rotatable bonds is 9. The van der Waals surface area contributed by atoms with Crippen molar-refractivity contribution in [2.45, 2.75) is 62.3 Å². The molecule has 0 amide bonds. The molecule has 2 aromatic carbocycles. The van der Waals surface area contributed by atoms with E-state index in [2.05, 4.69) is 9.72 Å². The summed E-state index contributed by atoms with van der Waals surface area (Å²) < 4.78 is 117. The molecule has 0 spiro atoms. The number of hydrogen-bond acceptors (Lipinski definition) is 4. The Bertz CT molecular complexity index is 1230. The number of benzene rings is 2. The van der Waals surface area contributed by atoms with Crippen molar-refractivity contribution in [1.82, 2.24) is 4.98 Å². The molecule has 1 aliphatic carbocycles. The Labute approximate surface area is 218 Å². The Hall–Kier alpha value is -3.41. The van der Waals surface area contributed by atoms with Crippen LogP contribution in [0.5, 0.6) is 11.5 Å². The summed E-state index contributed by atoms with van der Waals surface area (Å²) in [4.78, 5) is 3.94. The lowest BCUT2D eigenvalue weighted by molar-refractivity contribution is -0.376. The van der Waals surface area contributed by atoms with Gasteiger partial charge in [-0.05, 0) is 66.6 Å². The van der Waals surface area contributed by atoms with Crippen molar-refractivity contribution < 1.29 is 49.7 Å². The molecule has 1 heterocycles. The molecule has 1 atom stereocenters. The molecule has 1 saturated carbocycles. The number of aromatic nitrogens is 1. The number of nitrogens with zero attached hydrogens (tertiary/aromatic N) is 1. The van der Waals surface area contributed by atoms with Crippen LogP contribution in [0.1, 0.15) is 47.4 Å². The van der Waals surface area contributed by atoms with E-state index in [1.54, 1.807) is 12.1 Å². The smallest absolute Gasteiger partial charge is 0.430 e. The first kappa shape index (κ1) is 28.6. The van der Waals surface area contributed by atoms with E-state index in [-0.39, 0.29) is 24.0 Å². The van der Waals surface area contributed by atoms with Gasteiger partial charge in [-0.15, -0.1) is 0 Å². The Balaban J connectivity index is 1.76. The van der Waals surface area contributed by atoms with Crippen molar-refractivity contribution >= 4 is 0 Å². The molecule has 0 aliphatic heterocycles. The number of aliphatic hydroxyl groups is 1. The van der Waals surface area contributed by atoms with E-state index in [1.807, 2.05) is 0 Å². The van der Waals surface area contributed by atoms with E-state index in [9.17, 15) is 40.2 Å². The zero-order chi connectivity index (χ0) is 28.4. The van der Waals surface area contributed by atoms with Crippen LogP contribution in [0.2, 0.25) is 0 Å². The van der Waals surface area contributed by atoms with E-state index in [0.717, 1.165) is 37.0 Å². The third-order valence-electron chi connectivity index (χ3n) is 6.67. The fraction of sp³-hybridized carbons (Fsp3) is 0.370. The second-order valence-corrected chi connectivity index (χ2v) is 9.20. The highest BCUT2D eigenvalue weighted by molar-refractivity contribution is 5.47. The lowest BCUT2D eigenvalue weighted by atomic mass is 9.84. The molecule has 1 aromatic heterocycles. The predicted molar refractivity (Wildman–Crippen MR) is 124 cm³/mol. The number of alkyl halides is 8. The summed E-state index contributed by atoms with van der Waals surface area (Å²) >= 11 is 0. The summed E-state index contributed by atoms with van der Waals surface area (Å²) in [5.74, 6) is -0.785. The monoisotopic (exact) mass is 561 g/mol. The molecule has 0 saturated heterocycles. The molecule has 0 bridgehead atoms. The van der Waals surface area contributed by atoms with Crippen LogP contribution in [-0.4, -0.2) is 35.2 Å². The van der Waals surface area contributed by atoms with Gasteiger partial charge in [0.25, 0.3) is 5.60 Å². The fourth-order valence-electron chi connectivity index (χ4n) is 4.32. The zero-order valence-corrected chi connectivity index (χ0v) is 20.1. The van der Waals surface area contributed by atoms with Gasteiger partial charge in [-0.3, -0.25) is 4.98 Å². The van der Waals surface area contributed by atoms with Gasteiger partial charge in [0.15, 0.2) is 11.5 Å². The van der Waals surface area contributed by atoms with E-state index in [4.69, 9.17) is 4.74 Å². The number of pyridine rings is 1. The van der Waals surface area contributed by atoms with Crippen molar-refractivity contribution in [3.8, 4) is 11.5 Å². The molecule has 39 heavy (non-hydrogen) atoms. The normalized spacial score (nSPS) is 15.6. The molecule has 4 nitrogen and oxygen atoms in total. The Morgan fingerprint density at radius 1 is 0.821 bits per heavy atom. The first-order valence-electron chi connectivity index (χ1n) is 11.9. The van der Waals surface area contributed by atoms with Gasteiger partial charge in [-0.25, -0.2) is 0 Å². The summed E-state index contributed by atoms with van der Waals surface area (Å²) in [5.41, 5.74) is -4.88. The highest BCUT2D eigenvalue weighted by Crippen LogP contribution is 2.50. The van der Waals surface area contributed by atoms with Crippen LogP contribution in [-0.2, 0) is 12.0 Å². The van der Waals surface area contributed by atoms with Crippen molar-refractivity contribution in [1.29, 1.82) is 0 Å². The molecule has 12 heteroatoms. The number of ether oxygens (including phenoxy) is 2. The Morgan fingerprint density at radius 3 is 1.92 bits per heavy atom. The maximum absolute atomic E-state index is 13.4. The van der Waals surface area contributed by atoms with E-state index in [1.165, 1.54) is 30.6 Å². The summed E-state index contributed by atoms with van der Waals surface area (Å²) in [6.45, 7) is -3.11. The molecular formula is C27H23F8NO3. The molecule has 3 aromatic rings. The first-order chi connectivity index (χ1) is 18.3. The molecule has 0 radical (unpaired) electrons. The molecule has 210 valence electrons. The quantitative estimate of drug-likeness (QED) is 0.279. The van der Waals surface area contributed by atoms with Gasteiger partial charge in [0, 0.05) is 23.9 Å². The lowest BCUT2D eigenvalue weighted by Crippen LogP contribution is -2.53. The summed E-state index contributed by atoms with van der Waals surface area (Å²) in [6.07, 6.45) is -6.59. The van der Waals surface area contributed by atoms with Gasteiger partial charge in [0.1, 0.15) is 0 Å². The molecule has 1 N–H and O–H groups in total. The van der Waals surface area contributed by atoms with Crippen molar-refractivity contribution in [2.75, 3.05) is 0 Å². The van der Waals surface area contributed by atoms with Crippen molar-refractivity contribution in [3.05, 3.63) is 89.2 Å². The van der Waals surface area contributed by atoms with Crippen LogP contribution in [0.25, 0.3) is 0 Å². The third-order valence-corrected chi connectivity index (χ3v) is 6.67. The van der Waals surface area contributed by atoms with Crippen LogP contribution in [0.15, 0.2) is 67.0 Å². The van der Waals surface area contributed by atoms with Gasteiger partial charge in [-0.2, -0.15) is 35.1 Å². The van der Waals surface area contributed by atoms with Crippen LogP contribution >= 0.6 is 0 Å².